The summed E-state index contributed by atoms with van der Waals surface area (Å²) in [7, 11) is 0. The predicted molar refractivity (Wildman–Crippen MR) is 105 cm³/mol. The van der Waals surface area contributed by atoms with Crippen molar-refractivity contribution in [3.8, 4) is 0 Å². The third kappa shape index (κ3) is 3.06. The van der Waals surface area contributed by atoms with Gasteiger partial charge in [-0.15, -0.1) is 0 Å². The molecule has 0 fully saturated rings. The second-order valence-electron chi connectivity index (χ2n) is 5.36. The van der Waals surface area contributed by atoms with Gasteiger partial charge < -0.3 is 0 Å². The van der Waals surface area contributed by atoms with Crippen molar-refractivity contribution in [2.24, 2.45) is 0 Å². The summed E-state index contributed by atoms with van der Waals surface area (Å²) < 4.78 is 3.44. The van der Waals surface area contributed by atoms with Crippen molar-refractivity contribution >= 4 is 61.4 Å². The van der Waals surface area contributed by atoms with Crippen LogP contribution in [0.2, 0.25) is 20.8 Å². The van der Waals surface area contributed by atoms with Gasteiger partial charge in [0.05, 0.1) is 0 Å². The van der Waals surface area contributed by atoms with Gasteiger partial charge in [-0.05, 0) is 0 Å². The topological polar surface area (TPSA) is 0 Å². The number of hydrogen-bond acceptors (Lipinski definition) is 0. The summed E-state index contributed by atoms with van der Waals surface area (Å²) in [4.78, 5) is 0. The van der Waals surface area contributed by atoms with Gasteiger partial charge in [0.15, 0.2) is 0 Å². The maximum absolute atomic E-state index is 6.57. The Labute approximate surface area is 154 Å². The van der Waals surface area contributed by atoms with Crippen LogP contribution in [0.25, 0.3) is 0 Å². The molecule has 3 aromatic rings. The van der Waals surface area contributed by atoms with E-state index in [0.29, 0.717) is 0 Å². The van der Waals surface area contributed by atoms with E-state index in [1.165, 1.54) is 0 Å². The summed E-state index contributed by atoms with van der Waals surface area (Å²) in [6.07, 6.45) is 0. The first-order valence-electron chi connectivity index (χ1n) is 7.17. The molecular formula is C19H15AsCl3+. The van der Waals surface area contributed by atoms with Crippen LogP contribution in [0, 0.1) is 0 Å². The third-order valence-corrected chi connectivity index (χ3v) is 14.4. The molecule has 0 heterocycles. The van der Waals surface area contributed by atoms with Crippen LogP contribution < -0.4 is 13.1 Å². The molecule has 0 unspecified atom stereocenters. The van der Waals surface area contributed by atoms with Crippen molar-refractivity contribution in [1.29, 1.82) is 0 Å². The van der Waals surface area contributed by atoms with E-state index in [2.05, 4.69) is 23.9 Å². The summed E-state index contributed by atoms with van der Waals surface area (Å²) in [5, 5.41) is 2.30. The number of rotatable bonds is 3. The van der Waals surface area contributed by atoms with Crippen LogP contribution in [0.1, 0.15) is 0 Å². The molecule has 0 aliphatic carbocycles. The molecule has 116 valence electrons. The summed E-state index contributed by atoms with van der Waals surface area (Å²) in [5.41, 5.74) is 2.28. The van der Waals surface area contributed by atoms with E-state index in [0.717, 1.165) is 28.1 Å². The molecule has 4 heteroatoms. The zero-order chi connectivity index (χ0) is 16.4. The summed E-state index contributed by atoms with van der Waals surface area (Å²) in [6, 6.07) is 24.0. The third-order valence-electron chi connectivity index (χ3n) is 4.00. The average Bonchev–Trinajstić information content (AvgIpc) is 2.55. The minimum absolute atomic E-state index is 0.766. The molecule has 23 heavy (non-hydrogen) atoms. The van der Waals surface area contributed by atoms with Crippen molar-refractivity contribution in [3.05, 3.63) is 87.9 Å². The van der Waals surface area contributed by atoms with E-state index >= 15 is 0 Å². The first-order valence-corrected chi connectivity index (χ1v) is 13.0. The molecule has 0 radical (unpaired) electrons. The molecule has 3 rings (SSSR count). The van der Waals surface area contributed by atoms with Gasteiger partial charge in [0, 0.05) is 0 Å². The maximum atomic E-state index is 6.57. The molecule has 0 spiro atoms. The quantitative estimate of drug-likeness (QED) is 0.533. The molecular weight excluding hydrogens is 409 g/mol. The molecule has 0 N–H and O–H groups in total. The second kappa shape index (κ2) is 6.91. The van der Waals surface area contributed by atoms with E-state index in [-0.39, 0.29) is 0 Å². The van der Waals surface area contributed by atoms with Crippen molar-refractivity contribution in [2.45, 2.75) is 5.71 Å². The molecule has 0 nitrogen and oxygen atoms in total. The Morgan fingerprint density at radius 2 is 0.783 bits per heavy atom. The van der Waals surface area contributed by atoms with E-state index < -0.39 is 13.6 Å². The second-order valence-corrected chi connectivity index (χ2v) is 13.8. The van der Waals surface area contributed by atoms with E-state index in [9.17, 15) is 0 Å². The van der Waals surface area contributed by atoms with Crippen molar-refractivity contribution in [2.75, 3.05) is 0 Å². The normalized spacial score (nSPS) is 11.5. The Hall–Kier alpha value is -0.912. The molecule has 0 aliphatic rings. The summed E-state index contributed by atoms with van der Waals surface area (Å²) >= 11 is 16.9. The molecule has 0 amide bonds. The summed E-state index contributed by atoms with van der Waals surface area (Å²) in [5.74, 6) is 0. The number of halogens is 3. The Morgan fingerprint density at radius 1 is 0.522 bits per heavy atom. The minimum atomic E-state index is -2.85. The van der Waals surface area contributed by atoms with Gasteiger partial charge in [-0.25, -0.2) is 0 Å². The van der Waals surface area contributed by atoms with Gasteiger partial charge in [0.25, 0.3) is 0 Å². The Kier molecular flexibility index (Phi) is 5.09. The van der Waals surface area contributed by atoms with Crippen molar-refractivity contribution < 1.29 is 0 Å². The standard InChI is InChI=1S/C19H15AsCl3/c1-20(14-8-2-5-11-17(14)21,15-9-3-6-12-18(15)22)16-10-4-7-13-19(16)23/h2-13H,1H3/q+1. The van der Waals surface area contributed by atoms with Crippen molar-refractivity contribution in [1.82, 2.24) is 0 Å². The number of benzene rings is 3. The Balaban J connectivity index is 2.38. The van der Waals surface area contributed by atoms with E-state index in [1.807, 2.05) is 54.6 Å². The molecule has 0 saturated carbocycles. The first kappa shape index (κ1) is 16.9. The molecule has 0 aromatic heterocycles. The fourth-order valence-electron chi connectivity index (χ4n) is 2.83. The summed E-state index contributed by atoms with van der Waals surface area (Å²) in [6.45, 7) is 0. The Morgan fingerprint density at radius 3 is 1.04 bits per heavy atom. The molecule has 0 bridgehead atoms. The zero-order valence-corrected chi connectivity index (χ0v) is 16.7. The predicted octanol–water partition coefficient (Wildman–Crippen LogP) is 4.75. The van der Waals surface area contributed by atoms with Gasteiger partial charge in [-0.3, -0.25) is 0 Å². The van der Waals surface area contributed by atoms with Crippen LogP contribution in [-0.4, -0.2) is 13.6 Å². The van der Waals surface area contributed by atoms with Crippen LogP contribution >= 0.6 is 34.8 Å². The first-order chi connectivity index (χ1) is 11.0. The average molecular weight is 425 g/mol. The van der Waals surface area contributed by atoms with Gasteiger partial charge >= 0.3 is 155 Å². The Bertz CT molecular complexity index is 734. The fraction of sp³-hybridized carbons (Fsp3) is 0.0526. The molecule has 0 aliphatic heterocycles. The van der Waals surface area contributed by atoms with E-state index in [1.54, 1.807) is 0 Å². The molecule has 0 atom stereocenters. The monoisotopic (exact) mass is 423 g/mol. The SMILES string of the molecule is C[As+](c1ccccc1Cl)(c1ccccc1Cl)c1ccccc1Cl. The van der Waals surface area contributed by atoms with Gasteiger partial charge in [-0.2, -0.15) is 0 Å². The molecule has 3 aromatic carbocycles. The van der Waals surface area contributed by atoms with Crippen LogP contribution in [-0.2, 0) is 0 Å². The molecule has 0 saturated heterocycles. The van der Waals surface area contributed by atoms with Crippen LogP contribution in [0.15, 0.2) is 72.8 Å². The zero-order valence-electron chi connectivity index (χ0n) is 12.5. The van der Waals surface area contributed by atoms with E-state index in [4.69, 9.17) is 34.8 Å². The number of hydrogen-bond donors (Lipinski definition) is 0. The van der Waals surface area contributed by atoms with Crippen molar-refractivity contribution in [3.63, 3.8) is 0 Å². The fourth-order valence-corrected chi connectivity index (χ4v) is 13.1. The van der Waals surface area contributed by atoms with Crippen LogP contribution in [0.5, 0.6) is 0 Å². The van der Waals surface area contributed by atoms with Gasteiger partial charge in [-0.1, -0.05) is 0 Å². The van der Waals surface area contributed by atoms with Crippen LogP contribution in [0.3, 0.4) is 0 Å². The van der Waals surface area contributed by atoms with Crippen LogP contribution in [0.4, 0.5) is 0 Å². The van der Waals surface area contributed by atoms with Gasteiger partial charge in [0.1, 0.15) is 0 Å². The van der Waals surface area contributed by atoms with Gasteiger partial charge in [0.2, 0.25) is 0 Å².